The van der Waals surface area contributed by atoms with Crippen LogP contribution in [0.15, 0.2) is 54.6 Å². The summed E-state index contributed by atoms with van der Waals surface area (Å²) in [5.74, 6) is -4.41. The second kappa shape index (κ2) is 15.2. The highest BCUT2D eigenvalue weighted by molar-refractivity contribution is 5.96. The van der Waals surface area contributed by atoms with E-state index in [0.29, 0.717) is 12.0 Å². The molecule has 0 aliphatic carbocycles. The number of carboxylic acids is 1. The fraction of sp³-hybridized carbons (Fsp3) is 0.393. The predicted octanol–water partition coefficient (Wildman–Crippen LogP) is -0.0348. The van der Waals surface area contributed by atoms with Crippen molar-refractivity contribution in [3.8, 4) is 5.75 Å². The van der Waals surface area contributed by atoms with Crippen molar-refractivity contribution in [1.29, 1.82) is 0 Å². The second-order valence-electron chi connectivity index (χ2n) is 9.99. The first kappa shape index (κ1) is 31.8. The third-order valence-corrected chi connectivity index (χ3v) is 6.01. The number of nitrogens with one attached hydrogen (secondary N) is 3. The first-order valence-corrected chi connectivity index (χ1v) is 12.8. The Hall–Kier alpha value is -4.45. The number of carboxylic acid groups (broad SMARTS) is 1. The lowest BCUT2D eigenvalue weighted by Gasteiger charge is -2.25. The first-order chi connectivity index (χ1) is 18.8. The molecule has 0 heterocycles. The molecule has 0 aliphatic rings. The van der Waals surface area contributed by atoms with Crippen molar-refractivity contribution >= 4 is 29.6 Å². The van der Waals surface area contributed by atoms with Gasteiger partial charge >= 0.3 is 5.97 Å². The Bertz CT molecular complexity index is 1170. The molecule has 0 fully saturated rings. The molecule has 0 bridgehead atoms. The van der Waals surface area contributed by atoms with Crippen LogP contribution in [-0.4, -0.2) is 64.0 Å². The van der Waals surface area contributed by atoms with Gasteiger partial charge in [0, 0.05) is 12.8 Å². The summed E-state index contributed by atoms with van der Waals surface area (Å²) in [6, 6.07) is 9.66. The van der Waals surface area contributed by atoms with E-state index < -0.39 is 60.2 Å². The lowest BCUT2D eigenvalue weighted by Crippen LogP contribution is -2.58. The van der Waals surface area contributed by atoms with Gasteiger partial charge in [0.2, 0.25) is 23.6 Å². The Morgan fingerprint density at radius 2 is 1.25 bits per heavy atom. The summed E-state index contributed by atoms with van der Waals surface area (Å²) in [4.78, 5) is 62.7. The lowest BCUT2D eigenvalue weighted by molar-refractivity contribution is -0.142. The van der Waals surface area contributed by atoms with Crippen molar-refractivity contribution in [3.05, 3.63) is 65.7 Å². The van der Waals surface area contributed by atoms with Gasteiger partial charge in [-0.05, 0) is 35.6 Å². The van der Waals surface area contributed by atoms with Crippen molar-refractivity contribution in [2.75, 3.05) is 0 Å². The summed E-state index contributed by atoms with van der Waals surface area (Å²) in [7, 11) is 0. The predicted molar refractivity (Wildman–Crippen MR) is 147 cm³/mol. The molecule has 0 saturated heterocycles. The molecular formula is C28H37N5O7. The van der Waals surface area contributed by atoms with E-state index in [1.54, 1.807) is 30.3 Å². The Morgan fingerprint density at radius 3 is 1.80 bits per heavy atom. The average Bonchev–Trinajstić information content (AvgIpc) is 2.88. The zero-order chi connectivity index (χ0) is 29.8. The highest BCUT2D eigenvalue weighted by atomic mass is 16.4. The normalized spacial score (nSPS) is 13.9. The van der Waals surface area contributed by atoms with Crippen molar-refractivity contribution in [3.63, 3.8) is 0 Å². The molecule has 0 spiro atoms. The topological polar surface area (TPSA) is 214 Å². The summed E-state index contributed by atoms with van der Waals surface area (Å²) in [5.41, 5.74) is 12.5. The highest BCUT2D eigenvalue weighted by Gasteiger charge is 2.31. The fourth-order valence-corrected chi connectivity index (χ4v) is 3.98. The molecular weight excluding hydrogens is 518 g/mol. The number of aliphatic carboxylic acids is 1. The Kier molecular flexibility index (Phi) is 12.1. The number of amides is 4. The molecule has 0 aliphatic heterocycles. The van der Waals surface area contributed by atoms with E-state index in [1.165, 1.54) is 24.3 Å². The van der Waals surface area contributed by atoms with E-state index in [-0.39, 0.29) is 24.5 Å². The maximum atomic E-state index is 13.3. The monoisotopic (exact) mass is 555 g/mol. The minimum atomic E-state index is -1.51. The Balaban J connectivity index is 2.22. The van der Waals surface area contributed by atoms with Crippen molar-refractivity contribution in [1.82, 2.24) is 16.0 Å². The Morgan fingerprint density at radius 1 is 0.750 bits per heavy atom. The maximum Gasteiger partial charge on any atom is 0.326 e. The van der Waals surface area contributed by atoms with Gasteiger partial charge in [0.15, 0.2) is 0 Å². The number of hydrogen-bond donors (Lipinski definition) is 7. The van der Waals surface area contributed by atoms with Gasteiger partial charge < -0.3 is 37.6 Å². The van der Waals surface area contributed by atoms with Gasteiger partial charge in [0.1, 0.15) is 23.9 Å². The molecule has 0 aromatic heterocycles. The number of aromatic hydroxyl groups is 1. The smallest absolute Gasteiger partial charge is 0.326 e. The van der Waals surface area contributed by atoms with Crippen LogP contribution in [0.5, 0.6) is 5.75 Å². The third-order valence-electron chi connectivity index (χ3n) is 6.01. The molecule has 2 rings (SSSR count). The highest BCUT2D eigenvalue weighted by Crippen LogP contribution is 2.12. The standard InChI is InChI=1S/C28H37N5O7/c1-16(2)12-20(29)25(36)31-21(13-17-6-4-3-5-7-17)26(37)32-22(15-24(30)35)27(38)33-23(28(39)40)14-18-8-10-19(34)11-9-18/h3-11,16,20-23,34H,12-15,29H2,1-2H3,(H2,30,35)(H,31,36)(H,32,37)(H,33,38)(H,39,40). The molecule has 4 atom stereocenters. The van der Waals surface area contributed by atoms with Gasteiger partial charge in [-0.25, -0.2) is 4.79 Å². The summed E-state index contributed by atoms with van der Waals surface area (Å²) in [6.07, 6.45) is -0.285. The number of hydrogen-bond acceptors (Lipinski definition) is 7. The largest absolute Gasteiger partial charge is 0.508 e. The molecule has 40 heavy (non-hydrogen) atoms. The van der Waals surface area contributed by atoms with Crippen LogP contribution in [0.1, 0.15) is 37.8 Å². The van der Waals surface area contributed by atoms with Crippen LogP contribution in [-0.2, 0) is 36.8 Å². The van der Waals surface area contributed by atoms with E-state index in [0.717, 1.165) is 5.56 Å². The van der Waals surface area contributed by atoms with Crippen LogP contribution >= 0.6 is 0 Å². The summed E-state index contributed by atoms with van der Waals surface area (Å²) in [6.45, 7) is 3.81. The average molecular weight is 556 g/mol. The fourth-order valence-electron chi connectivity index (χ4n) is 3.98. The van der Waals surface area contributed by atoms with Crippen LogP contribution in [0.25, 0.3) is 0 Å². The number of benzene rings is 2. The molecule has 12 nitrogen and oxygen atoms in total. The van der Waals surface area contributed by atoms with Crippen LogP contribution in [0.4, 0.5) is 0 Å². The van der Waals surface area contributed by atoms with E-state index in [2.05, 4.69) is 16.0 Å². The van der Waals surface area contributed by atoms with Crippen molar-refractivity contribution in [2.45, 2.75) is 63.7 Å². The number of carbonyl (C=O) groups is 5. The summed E-state index contributed by atoms with van der Waals surface area (Å²) < 4.78 is 0. The van der Waals surface area contributed by atoms with Gasteiger partial charge in [-0.2, -0.15) is 0 Å². The maximum absolute atomic E-state index is 13.3. The van der Waals surface area contributed by atoms with E-state index in [9.17, 15) is 34.2 Å². The van der Waals surface area contributed by atoms with E-state index in [4.69, 9.17) is 11.5 Å². The molecule has 4 unspecified atom stereocenters. The SMILES string of the molecule is CC(C)CC(N)C(=O)NC(Cc1ccccc1)C(=O)NC(CC(N)=O)C(=O)NC(Cc1ccc(O)cc1)C(=O)O. The second-order valence-corrected chi connectivity index (χ2v) is 9.99. The molecule has 9 N–H and O–H groups in total. The zero-order valence-electron chi connectivity index (χ0n) is 22.5. The van der Waals surface area contributed by atoms with Gasteiger partial charge in [-0.1, -0.05) is 56.3 Å². The molecule has 2 aromatic rings. The number of primary amides is 1. The summed E-state index contributed by atoms with van der Waals surface area (Å²) >= 11 is 0. The van der Waals surface area contributed by atoms with Gasteiger partial charge in [-0.15, -0.1) is 0 Å². The van der Waals surface area contributed by atoms with Crippen LogP contribution in [0.2, 0.25) is 0 Å². The van der Waals surface area contributed by atoms with E-state index >= 15 is 0 Å². The summed E-state index contributed by atoms with van der Waals surface area (Å²) in [5, 5.41) is 26.5. The van der Waals surface area contributed by atoms with Gasteiger partial charge in [0.25, 0.3) is 0 Å². The lowest BCUT2D eigenvalue weighted by atomic mass is 10.0. The third kappa shape index (κ3) is 10.7. The zero-order valence-corrected chi connectivity index (χ0v) is 22.5. The first-order valence-electron chi connectivity index (χ1n) is 12.8. The van der Waals surface area contributed by atoms with Crippen molar-refractivity contribution < 1.29 is 34.2 Å². The molecule has 0 saturated carbocycles. The molecule has 216 valence electrons. The van der Waals surface area contributed by atoms with Crippen molar-refractivity contribution in [2.24, 2.45) is 17.4 Å². The number of nitrogens with two attached hydrogens (primary N) is 2. The number of phenols is 1. The van der Waals surface area contributed by atoms with Gasteiger partial charge in [-0.3, -0.25) is 19.2 Å². The quantitative estimate of drug-likeness (QED) is 0.158. The minimum Gasteiger partial charge on any atom is -0.508 e. The molecule has 12 heteroatoms. The van der Waals surface area contributed by atoms with Crippen LogP contribution in [0, 0.1) is 5.92 Å². The van der Waals surface area contributed by atoms with Gasteiger partial charge in [0.05, 0.1) is 12.5 Å². The van der Waals surface area contributed by atoms with Crippen LogP contribution < -0.4 is 27.4 Å². The molecule has 2 aromatic carbocycles. The number of phenolic OH excluding ortho intramolecular Hbond substituents is 1. The van der Waals surface area contributed by atoms with Crippen LogP contribution in [0.3, 0.4) is 0 Å². The Labute approximate surface area is 232 Å². The minimum absolute atomic E-state index is 0.00814. The molecule has 4 amide bonds. The van der Waals surface area contributed by atoms with E-state index in [1.807, 2.05) is 13.8 Å². The number of carbonyl (C=O) groups excluding carboxylic acids is 4. The molecule has 0 radical (unpaired) electrons. The number of rotatable bonds is 15.